The van der Waals surface area contributed by atoms with Crippen molar-refractivity contribution in [1.29, 1.82) is 0 Å². The van der Waals surface area contributed by atoms with Crippen LogP contribution in [-0.4, -0.2) is 12.9 Å². The number of ether oxygens (including phenoxy) is 1. The molecule has 5 heteroatoms. The van der Waals surface area contributed by atoms with E-state index in [1.165, 1.54) is 25.3 Å². The highest BCUT2D eigenvalue weighted by Gasteiger charge is 2.15. The molecule has 0 unspecified atom stereocenters. The van der Waals surface area contributed by atoms with Crippen molar-refractivity contribution in [2.75, 3.05) is 7.11 Å². The van der Waals surface area contributed by atoms with Crippen molar-refractivity contribution in [3.8, 4) is 5.75 Å². The van der Waals surface area contributed by atoms with Gasteiger partial charge in [0.1, 0.15) is 11.6 Å². The first-order valence-electron chi connectivity index (χ1n) is 5.82. The summed E-state index contributed by atoms with van der Waals surface area (Å²) in [5.41, 5.74) is 0.901. The van der Waals surface area contributed by atoms with Gasteiger partial charge in [0.2, 0.25) is 0 Å². The van der Waals surface area contributed by atoms with Gasteiger partial charge in [0.05, 0.1) is 12.7 Å². The zero-order chi connectivity index (χ0) is 14.7. The zero-order valence-corrected chi connectivity index (χ0v) is 13.0. The molecule has 0 spiro atoms. The highest BCUT2D eigenvalue weighted by molar-refractivity contribution is 9.10. The van der Waals surface area contributed by atoms with Crippen molar-refractivity contribution < 1.29 is 13.9 Å². The number of ketones is 1. The Balaban J connectivity index is 2.30. The molecule has 0 bridgehead atoms. The van der Waals surface area contributed by atoms with E-state index >= 15 is 0 Å². The summed E-state index contributed by atoms with van der Waals surface area (Å²) < 4.78 is 19.2. The summed E-state index contributed by atoms with van der Waals surface area (Å²) in [5.74, 6) is -0.126. The van der Waals surface area contributed by atoms with Crippen LogP contribution in [0.3, 0.4) is 0 Å². The molecule has 0 aromatic heterocycles. The van der Waals surface area contributed by atoms with Gasteiger partial charge in [0.25, 0.3) is 0 Å². The third kappa shape index (κ3) is 3.38. The quantitative estimate of drug-likeness (QED) is 0.743. The molecule has 0 atom stereocenters. The van der Waals surface area contributed by atoms with Crippen LogP contribution in [0.25, 0.3) is 0 Å². The number of benzene rings is 2. The Morgan fingerprint density at radius 2 is 2.05 bits per heavy atom. The number of rotatable bonds is 4. The van der Waals surface area contributed by atoms with Gasteiger partial charge in [-0.1, -0.05) is 27.5 Å². The number of halogens is 3. The van der Waals surface area contributed by atoms with Crippen molar-refractivity contribution in [1.82, 2.24) is 0 Å². The normalized spacial score (nSPS) is 10.4. The number of hydrogen-bond donors (Lipinski definition) is 0. The van der Waals surface area contributed by atoms with Gasteiger partial charge in [0.15, 0.2) is 5.78 Å². The average Bonchev–Trinajstić information content (AvgIpc) is 2.42. The van der Waals surface area contributed by atoms with Crippen molar-refractivity contribution >= 4 is 33.3 Å². The van der Waals surface area contributed by atoms with Crippen LogP contribution in [0, 0.1) is 5.82 Å². The summed E-state index contributed by atoms with van der Waals surface area (Å²) in [7, 11) is 1.49. The second-order valence-corrected chi connectivity index (χ2v) is 5.50. The number of Topliss-reactive ketones (excluding diaryl/α,β-unsaturated/α-hetero) is 1. The van der Waals surface area contributed by atoms with E-state index in [-0.39, 0.29) is 12.2 Å². The Hall–Kier alpha value is -1.39. The minimum absolute atomic E-state index is 0.0224. The zero-order valence-electron chi connectivity index (χ0n) is 10.6. The van der Waals surface area contributed by atoms with Crippen LogP contribution in [0.5, 0.6) is 5.75 Å². The summed E-state index contributed by atoms with van der Waals surface area (Å²) in [6, 6.07) is 9.10. The largest absolute Gasteiger partial charge is 0.496 e. The van der Waals surface area contributed by atoms with Gasteiger partial charge < -0.3 is 4.74 Å². The molecule has 0 aliphatic rings. The lowest BCUT2D eigenvalue weighted by Crippen LogP contribution is -2.06. The van der Waals surface area contributed by atoms with E-state index in [1.54, 1.807) is 18.2 Å². The minimum Gasteiger partial charge on any atom is -0.496 e. The van der Waals surface area contributed by atoms with Crippen LogP contribution in [0.15, 0.2) is 40.9 Å². The number of methoxy groups -OCH3 is 1. The summed E-state index contributed by atoms with van der Waals surface area (Å²) in [5, 5.41) is 0.371. The fourth-order valence-electron chi connectivity index (χ4n) is 1.84. The highest BCUT2D eigenvalue weighted by Crippen LogP contribution is 2.26. The predicted octanol–water partition coefficient (Wildman–Crippen LogP) is 4.68. The Bertz CT molecular complexity index is 658. The SMILES string of the molecule is COc1cc(Br)ccc1C(=O)Cc1cc(F)ccc1Cl. The van der Waals surface area contributed by atoms with Crippen LogP contribution in [0.1, 0.15) is 15.9 Å². The first kappa shape index (κ1) is 15.0. The molecule has 0 heterocycles. The average molecular weight is 358 g/mol. The van der Waals surface area contributed by atoms with E-state index in [1.807, 2.05) is 0 Å². The molecule has 2 aromatic carbocycles. The van der Waals surface area contributed by atoms with Crippen LogP contribution in [0.4, 0.5) is 4.39 Å². The molecular formula is C15H11BrClFO2. The Labute approximate surface area is 129 Å². The molecule has 2 aromatic rings. The van der Waals surface area contributed by atoms with Crippen LogP contribution in [0.2, 0.25) is 5.02 Å². The van der Waals surface area contributed by atoms with E-state index in [9.17, 15) is 9.18 Å². The second kappa shape index (κ2) is 6.37. The summed E-state index contributed by atoms with van der Waals surface area (Å²) in [4.78, 5) is 12.3. The summed E-state index contributed by atoms with van der Waals surface area (Å²) >= 11 is 9.28. The molecule has 104 valence electrons. The molecule has 0 saturated carbocycles. The Morgan fingerprint density at radius 1 is 1.30 bits per heavy atom. The van der Waals surface area contributed by atoms with Gasteiger partial charge in [-0.15, -0.1) is 0 Å². The first-order chi connectivity index (χ1) is 9.51. The molecule has 0 fully saturated rings. The monoisotopic (exact) mass is 356 g/mol. The molecule has 20 heavy (non-hydrogen) atoms. The van der Waals surface area contributed by atoms with E-state index in [0.717, 1.165) is 4.47 Å². The maximum absolute atomic E-state index is 13.2. The minimum atomic E-state index is -0.417. The second-order valence-electron chi connectivity index (χ2n) is 4.18. The van der Waals surface area contributed by atoms with Crippen molar-refractivity contribution in [3.63, 3.8) is 0 Å². The molecule has 0 saturated heterocycles. The van der Waals surface area contributed by atoms with Gasteiger partial charge in [-0.05, 0) is 42.0 Å². The van der Waals surface area contributed by atoms with Gasteiger partial charge in [-0.2, -0.15) is 0 Å². The molecule has 0 N–H and O–H groups in total. The van der Waals surface area contributed by atoms with Gasteiger partial charge in [-0.3, -0.25) is 4.79 Å². The third-order valence-corrected chi connectivity index (χ3v) is 3.68. The number of carbonyl (C=O) groups excluding carboxylic acids is 1. The molecule has 0 radical (unpaired) electrons. The van der Waals surface area contributed by atoms with Gasteiger partial charge in [-0.25, -0.2) is 4.39 Å². The lowest BCUT2D eigenvalue weighted by molar-refractivity contribution is 0.0990. The van der Waals surface area contributed by atoms with E-state index in [2.05, 4.69) is 15.9 Å². The maximum atomic E-state index is 13.2. The van der Waals surface area contributed by atoms with Gasteiger partial charge >= 0.3 is 0 Å². The van der Waals surface area contributed by atoms with E-state index in [0.29, 0.717) is 21.9 Å². The predicted molar refractivity (Wildman–Crippen MR) is 80.1 cm³/mol. The third-order valence-electron chi connectivity index (χ3n) is 2.82. The highest BCUT2D eigenvalue weighted by atomic mass is 79.9. The topological polar surface area (TPSA) is 26.3 Å². The number of hydrogen-bond acceptors (Lipinski definition) is 2. The molecule has 2 nitrogen and oxygen atoms in total. The molecule has 0 aliphatic heterocycles. The van der Waals surface area contributed by atoms with Crippen LogP contribution in [-0.2, 0) is 6.42 Å². The lowest BCUT2D eigenvalue weighted by atomic mass is 10.0. The maximum Gasteiger partial charge on any atom is 0.171 e. The smallest absolute Gasteiger partial charge is 0.171 e. The molecule has 2 rings (SSSR count). The lowest BCUT2D eigenvalue weighted by Gasteiger charge is -2.09. The van der Waals surface area contributed by atoms with Crippen molar-refractivity contribution in [3.05, 3.63) is 62.8 Å². The first-order valence-corrected chi connectivity index (χ1v) is 6.99. The van der Waals surface area contributed by atoms with Crippen molar-refractivity contribution in [2.45, 2.75) is 6.42 Å². The van der Waals surface area contributed by atoms with Crippen LogP contribution >= 0.6 is 27.5 Å². The summed E-state index contributed by atoms with van der Waals surface area (Å²) in [6.07, 6.45) is 0.0224. The van der Waals surface area contributed by atoms with Crippen molar-refractivity contribution in [2.24, 2.45) is 0 Å². The van der Waals surface area contributed by atoms with E-state index in [4.69, 9.17) is 16.3 Å². The summed E-state index contributed by atoms with van der Waals surface area (Å²) in [6.45, 7) is 0. The standard InChI is InChI=1S/C15H11BrClFO2/c1-20-15-8-10(16)2-4-12(15)14(19)7-9-6-11(18)3-5-13(9)17/h2-6,8H,7H2,1H3. The Morgan fingerprint density at radius 3 is 2.75 bits per heavy atom. The van der Waals surface area contributed by atoms with Gasteiger partial charge in [0, 0.05) is 15.9 Å². The fourth-order valence-corrected chi connectivity index (χ4v) is 2.37. The molecule has 0 aliphatic carbocycles. The van der Waals surface area contributed by atoms with Crippen LogP contribution < -0.4 is 4.74 Å². The number of carbonyl (C=O) groups is 1. The molecule has 0 amide bonds. The Kier molecular flexibility index (Phi) is 4.78. The fraction of sp³-hybridized carbons (Fsp3) is 0.133. The molecular weight excluding hydrogens is 347 g/mol. The van der Waals surface area contributed by atoms with E-state index < -0.39 is 5.82 Å².